The number of rotatable bonds is 9. The summed E-state index contributed by atoms with van der Waals surface area (Å²) >= 11 is 1.63. The smallest absolute Gasteiger partial charge is 0.222 e. The van der Waals surface area contributed by atoms with E-state index in [0.717, 1.165) is 46.0 Å². The van der Waals surface area contributed by atoms with Crippen LogP contribution in [0.3, 0.4) is 0 Å². The second-order valence-electron chi connectivity index (χ2n) is 7.80. The van der Waals surface area contributed by atoms with Crippen molar-refractivity contribution in [2.75, 3.05) is 18.0 Å². The number of fused-ring (bicyclic) bond motifs is 1. The normalized spacial score (nSPS) is 11.9. The third kappa shape index (κ3) is 5.14. The van der Waals surface area contributed by atoms with E-state index in [2.05, 4.69) is 23.2 Å². The van der Waals surface area contributed by atoms with Gasteiger partial charge in [0, 0.05) is 24.9 Å². The summed E-state index contributed by atoms with van der Waals surface area (Å²) in [6, 6.07) is 22.2. The van der Waals surface area contributed by atoms with Crippen molar-refractivity contribution in [3.63, 3.8) is 0 Å². The summed E-state index contributed by atoms with van der Waals surface area (Å²) in [7, 11) is 0. The van der Waals surface area contributed by atoms with Crippen LogP contribution in [0.1, 0.15) is 38.3 Å². The van der Waals surface area contributed by atoms with Gasteiger partial charge in [0.15, 0.2) is 5.82 Å². The largest absolute Gasteiger partial charge is 0.355 e. The molecule has 2 aromatic carbocycles. The zero-order valence-corrected chi connectivity index (χ0v) is 19.3. The number of nitrogens with zero attached hydrogens (tertiary/aromatic N) is 3. The van der Waals surface area contributed by atoms with Crippen molar-refractivity contribution in [2.24, 2.45) is 0 Å². The highest BCUT2D eigenvalue weighted by Crippen LogP contribution is 2.29. The van der Waals surface area contributed by atoms with E-state index >= 15 is 0 Å². The zero-order valence-electron chi connectivity index (χ0n) is 18.5. The highest BCUT2D eigenvalue weighted by atomic mass is 32.1. The lowest BCUT2D eigenvalue weighted by molar-refractivity contribution is -0.121. The molecular weight excluding hydrogens is 416 g/mol. The second kappa shape index (κ2) is 10.4. The molecule has 0 bridgehead atoms. The number of benzene rings is 2. The Morgan fingerprint density at radius 3 is 2.53 bits per heavy atom. The van der Waals surface area contributed by atoms with E-state index < -0.39 is 0 Å². The van der Waals surface area contributed by atoms with Crippen molar-refractivity contribution >= 4 is 34.0 Å². The van der Waals surface area contributed by atoms with Crippen LogP contribution in [0.5, 0.6) is 0 Å². The van der Waals surface area contributed by atoms with Crippen molar-refractivity contribution in [2.45, 2.75) is 32.7 Å². The molecule has 0 aliphatic carbocycles. The molecular formula is C26H28N4OS. The van der Waals surface area contributed by atoms with Crippen LogP contribution in [0.2, 0.25) is 0 Å². The fourth-order valence-electron chi connectivity index (χ4n) is 3.79. The third-order valence-corrected chi connectivity index (χ3v) is 6.27. The van der Waals surface area contributed by atoms with Gasteiger partial charge in [-0.1, -0.05) is 55.5 Å². The Bertz CT molecular complexity index is 1160. The minimum absolute atomic E-state index is 0.0198. The Kier molecular flexibility index (Phi) is 7.12. The molecule has 0 radical (unpaired) electrons. The number of anilines is 1. The van der Waals surface area contributed by atoms with Gasteiger partial charge in [0.25, 0.3) is 0 Å². The van der Waals surface area contributed by atoms with Crippen LogP contribution in [0.4, 0.5) is 5.82 Å². The second-order valence-corrected chi connectivity index (χ2v) is 8.75. The molecule has 1 amide bonds. The zero-order chi connectivity index (χ0) is 22.3. The maximum Gasteiger partial charge on any atom is 0.222 e. The van der Waals surface area contributed by atoms with Crippen LogP contribution in [-0.2, 0) is 4.79 Å². The number of nitrogens with one attached hydrogen (secondary N) is 1. The Morgan fingerprint density at radius 1 is 1.00 bits per heavy atom. The first-order valence-corrected chi connectivity index (χ1v) is 11.9. The van der Waals surface area contributed by atoms with Gasteiger partial charge in [0.2, 0.25) is 5.91 Å². The van der Waals surface area contributed by atoms with Gasteiger partial charge in [0.1, 0.15) is 5.82 Å². The first-order valence-electron chi connectivity index (χ1n) is 11.1. The van der Waals surface area contributed by atoms with E-state index in [9.17, 15) is 4.79 Å². The molecule has 0 unspecified atom stereocenters. The average Bonchev–Trinajstić information content (AvgIpc) is 3.37. The Balaban J connectivity index is 1.55. The first-order chi connectivity index (χ1) is 15.7. The van der Waals surface area contributed by atoms with E-state index in [4.69, 9.17) is 9.97 Å². The van der Waals surface area contributed by atoms with Crippen LogP contribution in [0, 0.1) is 0 Å². The topological polar surface area (TPSA) is 58.1 Å². The maximum atomic E-state index is 12.7. The van der Waals surface area contributed by atoms with Crippen molar-refractivity contribution in [1.82, 2.24) is 15.3 Å². The third-order valence-electron chi connectivity index (χ3n) is 5.40. The van der Waals surface area contributed by atoms with Gasteiger partial charge in [-0.15, -0.1) is 11.3 Å². The molecule has 2 heterocycles. The average molecular weight is 445 g/mol. The highest BCUT2D eigenvalue weighted by molar-refractivity contribution is 7.13. The number of hydrogen-bond acceptors (Lipinski definition) is 5. The fourth-order valence-corrected chi connectivity index (χ4v) is 4.44. The predicted molar refractivity (Wildman–Crippen MR) is 133 cm³/mol. The van der Waals surface area contributed by atoms with Gasteiger partial charge in [-0.25, -0.2) is 9.97 Å². The summed E-state index contributed by atoms with van der Waals surface area (Å²) in [5, 5.41) is 6.17. The van der Waals surface area contributed by atoms with Gasteiger partial charge in [-0.3, -0.25) is 4.79 Å². The predicted octanol–water partition coefficient (Wildman–Crippen LogP) is 5.84. The molecule has 0 saturated carbocycles. The van der Waals surface area contributed by atoms with E-state index in [1.165, 1.54) is 0 Å². The number of aromatic nitrogens is 2. The molecule has 164 valence electrons. The van der Waals surface area contributed by atoms with Gasteiger partial charge >= 0.3 is 0 Å². The lowest BCUT2D eigenvalue weighted by Gasteiger charge is -2.25. The molecule has 0 fully saturated rings. The molecule has 2 aromatic heterocycles. The fraction of sp³-hybridized carbons (Fsp3) is 0.269. The number of carbonyl (C=O) groups is 1. The van der Waals surface area contributed by atoms with Gasteiger partial charge in [-0.05, 0) is 42.5 Å². The quantitative estimate of drug-likeness (QED) is 0.352. The van der Waals surface area contributed by atoms with Crippen LogP contribution in [-0.4, -0.2) is 29.0 Å². The Hall–Kier alpha value is -3.25. The monoisotopic (exact) mass is 444 g/mol. The summed E-state index contributed by atoms with van der Waals surface area (Å²) < 4.78 is 0. The Morgan fingerprint density at radius 2 is 1.78 bits per heavy atom. The van der Waals surface area contributed by atoms with Gasteiger partial charge < -0.3 is 10.2 Å². The molecule has 0 spiro atoms. The molecule has 5 nitrogen and oxygen atoms in total. The van der Waals surface area contributed by atoms with Crippen LogP contribution in [0.25, 0.3) is 21.6 Å². The van der Waals surface area contributed by atoms with Crippen molar-refractivity contribution in [3.05, 3.63) is 77.7 Å². The standard InChI is InChI=1S/C26H28N4OS/c1-3-16-30(17-15-24(31)27-19(2)20-10-5-4-6-11-20)26-21-12-7-8-13-22(21)28-25(29-26)23-14-9-18-32-23/h4-14,18-19H,3,15-17H2,1-2H3,(H,27,31)/t19-/m0/s1. The maximum absolute atomic E-state index is 12.7. The SMILES string of the molecule is CCCN(CCC(=O)N[C@@H](C)c1ccccc1)c1nc(-c2cccs2)nc2ccccc12. The molecule has 4 aromatic rings. The number of carbonyl (C=O) groups excluding carboxylic acids is 1. The summed E-state index contributed by atoms with van der Waals surface area (Å²) in [5.74, 6) is 1.67. The van der Waals surface area contributed by atoms with E-state index in [-0.39, 0.29) is 11.9 Å². The van der Waals surface area contributed by atoms with E-state index in [0.29, 0.717) is 13.0 Å². The Labute approximate surface area is 193 Å². The van der Waals surface area contributed by atoms with Crippen LogP contribution in [0.15, 0.2) is 72.1 Å². The van der Waals surface area contributed by atoms with Crippen molar-refractivity contribution < 1.29 is 4.79 Å². The number of thiophene rings is 1. The molecule has 32 heavy (non-hydrogen) atoms. The lowest BCUT2D eigenvalue weighted by Crippen LogP contribution is -2.33. The molecule has 4 rings (SSSR count). The first kappa shape index (κ1) is 22.0. The van der Waals surface area contributed by atoms with Crippen molar-refractivity contribution in [1.29, 1.82) is 0 Å². The van der Waals surface area contributed by atoms with E-state index in [1.54, 1.807) is 11.3 Å². The number of hydrogen-bond donors (Lipinski definition) is 1. The molecule has 0 aliphatic rings. The molecule has 1 atom stereocenters. The van der Waals surface area contributed by atoms with Crippen LogP contribution >= 0.6 is 11.3 Å². The van der Waals surface area contributed by atoms with Gasteiger partial charge in [-0.2, -0.15) is 0 Å². The van der Waals surface area contributed by atoms with Crippen LogP contribution < -0.4 is 10.2 Å². The summed E-state index contributed by atoms with van der Waals surface area (Å²) in [4.78, 5) is 25.7. The molecule has 6 heteroatoms. The summed E-state index contributed by atoms with van der Waals surface area (Å²) in [5.41, 5.74) is 2.03. The minimum atomic E-state index is -0.0198. The van der Waals surface area contributed by atoms with Crippen molar-refractivity contribution in [3.8, 4) is 10.7 Å². The molecule has 0 aliphatic heterocycles. The highest BCUT2D eigenvalue weighted by Gasteiger charge is 2.17. The number of amides is 1. The summed E-state index contributed by atoms with van der Waals surface area (Å²) in [6.45, 7) is 5.59. The number of para-hydroxylation sites is 1. The molecule has 1 N–H and O–H groups in total. The van der Waals surface area contributed by atoms with E-state index in [1.807, 2.05) is 73.0 Å². The van der Waals surface area contributed by atoms with Gasteiger partial charge in [0.05, 0.1) is 16.4 Å². The summed E-state index contributed by atoms with van der Waals surface area (Å²) in [6.07, 6.45) is 1.37. The minimum Gasteiger partial charge on any atom is -0.355 e. The molecule has 0 saturated heterocycles. The lowest BCUT2D eigenvalue weighted by atomic mass is 10.1.